The first kappa shape index (κ1) is 34.3. The first-order valence-corrected chi connectivity index (χ1v) is 16.7. The molecule has 0 fully saturated rings. The second-order valence-electron chi connectivity index (χ2n) is 10.9. The van der Waals surface area contributed by atoms with Crippen LogP contribution in [0.2, 0.25) is 0 Å². The highest BCUT2D eigenvalue weighted by Gasteiger charge is 2.33. The summed E-state index contributed by atoms with van der Waals surface area (Å²) in [6, 6.07) is 19.2. The molecule has 0 atom stereocenters. The summed E-state index contributed by atoms with van der Waals surface area (Å²) in [6.45, 7) is 3.80. The summed E-state index contributed by atoms with van der Waals surface area (Å²) in [4.78, 5) is 11.5. The minimum atomic E-state index is -4.63. The fourth-order valence-corrected chi connectivity index (χ4v) is 6.71. The molecule has 0 aliphatic carbocycles. The van der Waals surface area contributed by atoms with Gasteiger partial charge in [0.05, 0.1) is 24.5 Å². The summed E-state index contributed by atoms with van der Waals surface area (Å²) in [5.74, 6) is -1.61. The highest BCUT2D eigenvalue weighted by atomic mass is 32.2. The Balaban J connectivity index is 1.43. The summed E-state index contributed by atoms with van der Waals surface area (Å²) in [5.41, 5.74) is 0.356. The number of rotatable bonds is 11. The van der Waals surface area contributed by atoms with E-state index in [9.17, 15) is 17.6 Å². The Kier molecular flexibility index (Phi) is 10.0. The number of carbonyl (C=O) groups is 1. The molecular formula is C33H30F3N5O5S2. The van der Waals surface area contributed by atoms with Crippen molar-refractivity contribution in [2.75, 3.05) is 19.5 Å². The average Bonchev–Trinajstić information content (AvgIpc) is 3.49. The first-order chi connectivity index (χ1) is 22.8. The number of nitrogens with one attached hydrogen (secondary N) is 2. The van der Waals surface area contributed by atoms with E-state index in [-0.39, 0.29) is 10.9 Å². The van der Waals surface area contributed by atoms with Gasteiger partial charge in [0.2, 0.25) is 0 Å². The van der Waals surface area contributed by atoms with Crippen molar-refractivity contribution in [1.82, 2.24) is 19.5 Å². The molecule has 0 unspecified atom stereocenters. The maximum absolute atomic E-state index is 15.3. The van der Waals surface area contributed by atoms with Crippen molar-refractivity contribution in [3.05, 3.63) is 119 Å². The number of hydrogen-bond donors (Lipinski definition) is 2. The Hall–Kier alpha value is -5.02. The number of halogens is 3. The molecule has 1 heterocycles. The number of thioether (sulfide) groups is 1. The predicted octanol–water partition coefficient (Wildman–Crippen LogP) is 6.83. The van der Waals surface area contributed by atoms with Gasteiger partial charge in [0.1, 0.15) is 23.3 Å². The first-order valence-electron chi connectivity index (χ1n) is 14.3. The Morgan fingerprint density at radius 3 is 2.15 bits per heavy atom. The third kappa shape index (κ3) is 7.26. The van der Waals surface area contributed by atoms with Gasteiger partial charge in [-0.25, -0.2) is 31.1 Å². The lowest BCUT2D eigenvalue weighted by Gasteiger charge is -2.26. The Morgan fingerprint density at radius 1 is 0.875 bits per heavy atom. The van der Waals surface area contributed by atoms with E-state index in [0.29, 0.717) is 40.8 Å². The molecule has 2 N–H and O–H groups in total. The van der Waals surface area contributed by atoms with Crippen LogP contribution in [0.15, 0.2) is 95.0 Å². The molecule has 0 aliphatic rings. The Morgan fingerprint density at radius 2 is 1.52 bits per heavy atom. The van der Waals surface area contributed by atoms with E-state index in [0.717, 1.165) is 17.3 Å². The molecule has 15 heteroatoms. The molecule has 5 aromatic rings. The van der Waals surface area contributed by atoms with Crippen LogP contribution in [0.3, 0.4) is 0 Å². The molecule has 0 saturated carbocycles. The zero-order chi connectivity index (χ0) is 34.6. The van der Waals surface area contributed by atoms with Crippen LogP contribution in [0.5, 0.6) is 11.5 Å². The lowest BCUT2D eigenvalue weighted by Crippen LogP contribution is -2.34. The molecule has 0 spiro atoms. The average molecular weight is 698 g/mol. The molecule has 1 aromatic heterocycles. The lowest BCUT2D eigenvalue weighted by molar-refractivity contribution is 0.256. The van der Waals surface area contributed by atoms with E-state index in [1.165, 1.54) is 50.6 Å². The molecule has 5 rings (SSSR count). The maximum atomic E-state index is 15.3. The van der Waals surface area contributed by atoms with Crippen molar-refractivity contribution < 1.29 is 35.9 Å². The number of amides is 2. The quantitative estimate of drug-likeness (QED) is 0.144. The number of para-hydroxylation sites is 1. The van der Waals surface area contributed by atoms with Crippen LogP contribution in [0.4, 0.5) is 23.7 Å². The van der Waals surface area contributed by atoms with Gasteiger partial charge in [-0.3, -0.25) is 4.57 Å². The standard InChI is InChI=1S/C33H30F3N5O5S2/c1-33(2,20-10-15-28(45-3)29(16-20)46-4)30-38-39-32(41(30)23-13-11-21(34)12-14-23)47-19-25-26(35)17-24(18-27(25)36)48(43,44)40-31(42)37-22-8-6-5-7-9-22/h5-18H,19H2,1-4H3,(H2,37,40,42). The van der Waals surface area contributed by atoms with Gasteiger partial charge in [0.15, 0.2) is 16.7 Å². The largest absolute Gasteiger partial charge is 0.493 e. The molecule has 2 amide bonds. The van der Waals surface area contributed by atoms with Gasteiger partial charge >= 0.3 is 6.03 Å². The highest BCUT2D eigenvalue weighted by molar-refractivity contribution is 7.98. The molecule has 250 valence electrons. The van der Waals surface area contributed by atoms with E-state index in [1.807, 2.05) is 19.9 Å². The zero-order valence-electron chi connectivity index (χ0n) is 26.1. The monoisotopic (exact) mass is 697 g/mol. The van der Waals surface area contributed by atoms with Crippen molar-refractivity contribution in [3.8, 4) is 17.2 Å². The van der Waals surface area contributed by atoms with Crippen LogP contribution in [0.25, 0.3) is 5.69 Å². The van der Waals surface area contributed by atoms with Crippen LogP contribution in [-0.4, -0.2) is 43.4 Å². The van der Waals surface area contributed by atoms with Crippen LogP contribution >= 0.6 is 11.8 Å². The van der Waals surface area contributed by atoms with Crippen LogP contribution in [-0.2, 0) is 21.2 Å². The van der Waals surface area contributed by atoms with E-state index in [4.69, 9.17) is 9.47 Å². The Bertz CT molecular complexity index is 2040. The number of sulfonamides is 1. The van der Waals surface area contributed by atoms with Gasteiger partial charge in [-0.2, -0.15) is 0 Å². The van der Waals surface area contributed by atoms with Gasteiger partial charge in [-0.05, 0) is 80.1 Å². The SMILES string of the molecule is COc1ccc(C(C)(C)c2nnc(SCc3c(F)cc(S(=O)(=O)NC(=O)Nc4ccccc4)cc3F)n2-c2ccc(F)cc2)cc1OC. The second-order valence-corrected chi connectivity index (χ2v) is 13.5. The topological polar surface area (TPSA) is 124 Å². The summed E-state index contributed by atoms with van der Waals surface area (Å²) < 4.78 is 84.3. The Labute approximate surface area is 279 Å². The van der Waals surface area contributed by atoms with Crippen LogP contribution in [0, 0.1) is 17.5 Å². The van der Waals surface area contributed by atoms with Crippen LogP contribution < -0.4 is 19.5 Å². The summed E-state index contributed by atoms with van der Waals surface area (Å²) >= 11 is 0.940. The number of benzene rings is 4. The van der Waals surface area contributed by atoms with Gasteiger partial charge in [-0.15, -0.1) is 10.2 Å². The second kappa shape index (κ2) is 14.0. The predicted molar refractivity (Wildman–Crippen MR) is 175 cm³/mol. The molecule has 0 aliphatic heterocycles. The van der Waals surface area contributed by atoms with Crippen molar-refractivity contribution in [2.45, 2.75) is 35.1 Å². The van der Waals surface area contributed by atoms with Gasteiger partial charge in [0.25, 0.3) is 10.0 Å². The number of anilines is 1. The third-order valence-corrected chi connectivity index (χ3v) is 9.68. The van der Waals surface area contributed by atoms with E-state index < -0.39 is 49.4 Å². The molecule has 0 radical (unpaired) electrons. The molecule has 0 saturated heterocycles. The van der Waals surface area contributed by atoms with E-state index in [1.54, 1.807) is 39.6 Å². The normalized spacial score (nSPS) is 11.6. The minimum absolute atomic E-state index is 0.236. The maximum Gasteiger partial charge on any atom is 0.333 e. The van der Waals surface area contributed by atoms with Gasteiger partial charge < -0.3 is 14.8 Å². The molecular weight excluding hydrogens is 668 g/mol. The highest BCUT2D eigenvalue weighted by Crippen LogP contribution is 2.39. The van der Waals surface area contributed by atoms with Crippen molar-refractivity contribution in [3.63, 3.8) is 0 Å². The molecule has 48 heavy (non-hydrogen) atoms. The lowest BCUT2D eigenvalue weighted by atomic mass is 9.83. The zero-order valence-corrected chi connectivity index (χ0v) is 27.8. The fraction of sp³-hybridized carbons (Fsp3) is 0.182. The molecule has 10 nitrogen and oxygen atoms in total. The summed E-state index contributed by atoms with van der Waals surface area (Å²) in [5, 5.41) is 11.3. The van der Waals surface area contributed by atoms with Gasteiger partial charge in [-0.1, -0.05) is 36.0 Å². The number of urea groups is 1. The van der Waals surface area contributed by atoms with E-state index in [2.05, 4.69) is 15.5 Å². The smallest absolute Gasteiger partial charge is 0.333 e. The minimum Gasteiger partial charge on any atom is -0.493 e. The summed E-state index contributed by atoms with van der Waals surface area (Å²) in [7, 11) is -1.58. The molecule has 0 bridgehead atoms. The number of hydrogen-bond acceptors (Lipinski definition) is 8. The van der Waals surface area contributed by atoms with Crippen molar-refractivity contribution in [1.29, 1.82) is 0 Å². The number of methoxy groups -OCH3 is 2. The number of aromatic nitrogens is 3. The summed E-state index contributed by atoms with van der Waals surface area (Å²) in [6.07, 6.45) is 0. The van der Waals surface area contributed by atoms with Crippen molar-refractivity contribution >= 4 is 33.5 Å². The number of ether oxygens (including phenoxy) is 2. The fourth-order valence-electron chi connectivity index (χ4n) is 4.81. The number of carbonyl (C=O) groups excluding carboxylic acids is 1. The van der Waals surface area contributed by atoms with Gasteiger partial charge in [0, 0.05) is 22.7 Å². The van der Waals surface area contributed by atoms with Crippen molar-refractivity contribution in [2.24, 2.45) is 0 Å². The number of nitrogens with zero attached hydrogens (tertiary/aromatic N) is 3. The van der Waals surface area contributed by atoms with E-state index >= 15 is 8.78 Å². The van der Waals surface area contributed by atoms with Crippen LogP contribution in [0.1, 0.15) is 30.8 Å². The molecule has 4 aromatic carbocycles. The third-order valence-electron chi connectivity index (χ3n) is 7.41.